The highest BCUT2D eigenvalue weighted by molar-refractivity contribution is 9.10. The molecule has 0 saturated carbocycles. The van der Waals surface area contributed by atoms with Crippen LogP contribution in [0.3, 0.4) is 0 Å². The van der Waals surface area contributed by atoms with E-state index >= 15 is 0 Å². The molecule has 0 aliphatic carbocycles. The number of rotatable bonds is 10. The monoisotopic (exact) mass is 292 g/mol. The Labute approximate surface area is 110 Å². The fraction of sp³-hybridized carbons (Fsp3) is 1.00. The zero-order valence-electron chi connectivity index (χ0n) is 11.5. The molecule has 0 radical (unpaired) electrons. The molecule has 98 valence electrons. The zero-order valence-corrected chi connectivity index (χ0v) is 13.1. The van der Waals surface area contributed by atoms with Crippen LogP contribution in [0.5, 0.6) is 0 Å². The Bertz CT molecular complexity index is 157. The molecule has 1 nitrogen and oxygen atoms in total. The molecule has 16 heavy (non-hydrogen) atoms. The molecule has 0 spiro atoms. The first-order valence-corrected chi connectivity index (χ1v) is 7.67. The zero-order chi connectivity index (χ0) is 12.4. The molecule has 0 aromatic rings. The van der Waals surface area contributed by atoms with E-state index in [1.165, 1.54) is 38.5 Å². The molecular weight excluding hydrogens is 264 g/mol. The third kappa shape index (κ3) is 8.58. The van der Waals surface area contributed by atoms with Crippen LogP contribution in [0.15, 0.2) is 0 Å². The van der Waals surface area contributed by atoms with Gasteiger partial charge in [0.2, 0.25) is 0 Å². The van der Waals surface area contributed by atoms with E-state index in [1.54, 1.807) is 0 Å². The summed E-state index contributed by atoms with van der Waals surface area (Å²) in [4.78, 5) is 0. The highest BCUT2D eigenvalue weighted by atomic mass is 79.9. The van der Waals surface area contributed by atoms with Crippen molar-refractivity contribution < 1.29 is 4.74 Å². The third-order valence-electron chi connectivity index (χ3n) is 3.16. The lowest BCUT2D eigenvalue weighted by molar-refractivity contribution is 0.0146. The molecule has 0 amide bonds. The molecule has 0 N–H and O–H groups in total. The second-order valence-corrected chi connectivity index (χ2v) is 6.59. The SMILES string of the molecule is CCCCCC(CCC)COC(C)(Br)CC. The molecule has 0 heterocycles. The molecule has 2 atom stereocenters. The van der Waals surface area contributed by atoms with Gasteiger partial charge >= 0.3 is 0 Å². The van der Waals surface area contributed by atoms with E-state index < -0.39 is 0 Å². The second kappa shape index (κ2) is 9.47. The second-order valence-electron chi connectivity index (χ2n) is 4.92. The Morgan fingerprint density at radius 1 is 1.06 bits per heavy atom. The number of hydrogen-bond acceptors (Lipinski definition) is 1. The van der Waals surface area contributed by atoms with E-state index in [4.69, 9.17) is 4.74 Å². The van der Waals surface area contributed by atoms with Crippen LogP contribution in [0.1, 0.15) is 72.6 Å². The molecule has 0 saturated heterocycles. The van der Waals surface area contributed by atoms with Gasteiger partial charge in [0.15, 0.2) is 0 Å². The minimum absolute atomic E-state index is 0.121. The van der Waals surface area contributed by atoms with Gasteiger partial charge < -0.3 is 4.74 Å². The average Bonchev–Trinajstić information content (AvgIpc) is 2.26. The minimum atomic E-state index is -0.121. The standard InChI is InChI=1S/C14H29BrO/c1-5-8-9-11-13(10-6-2)12-16-14(4,15)7-3/h13H,5-12H2,1-4H3. The largest absolute Gasteiger partial charge is 0.364 e. The molecule has 0 aromatic heterocycles. The van der Waals surface area contributed by atoms with Crippen LogP contribution < -0.4 is 0 Å². The maximum Gasteiger partial charge on any atom is 0.119 e. The van der Waals surface area contributed by atoms with Crippen LogP contribution in [-0.4, -0.2) is 11.1 Å². The molecule has 0 aliphatic heterocycles. The van der Waals surface area contributed by atoms with Crippen molar-refractivity contribution in [3.8, 4) is 0 Å². The molecule has 2 unspecified atom stereocenters. The van der Waals surface area contributed by atoms with Gasteiger partial charge in [-0.3, -0.25) is 0 Å². The number of hydrogen-bond donors (Lipinski definition) is 0. The average molecular weight is 293 g/mol. The molecule has 0 rings (SSSR count). The summed E-state index contributed by atoms with van der Waals surface area (Å²) in [5.74, 6) is 0.750. The van der Waals surface area contributed by atoms with Crippen LogP contribution in [0.4, 0.5) is 0 Å². The predicted octanol–water partition coefficient (Wildman–Crippen LogP) is 5.52. The number of alkyl halides is 1. The third-order valence-corrected chi connectivity index (χ3v) is 3.95. The molecule has 0 fully saturated rings. The Kier molecular flexibility index (Phi) is 9.73. The van der Waals surface area contributed by atoms with Crippen molar-refractivity contribution in [1.82, 2.24) is 0 Å². The highest BCUT2D eigenvalue weighted by Crippen LogP contribution is 2.26. The van der Waals surface area contributed by atoms with Crippen LogP contribution in [0, 0.1) is 5.92 Å². The lowest BCUT2D eigenvalue weighted by Crippen LogP contribution is -2.23. The Balaban J connectivity index is 3.83. The van der Waals surface area contributed by atoms with Gasteiger partial charge in [-0.05, 0) is 32.1 Å². The lowest BCUT2D eigenvalue weighted by Gasteiger charge is -2.25. The molecule has 0 aromatic carbocycles. The topological polar surface area (TPSA) is 9.23 Å². The Hall–Kier alpha value is 0.440. The Morgan fingerprint density at radius 2 is 1.75 bits per heavy atom. The van der Waals surface area contributed by atoms with Crippen LogP contribution in [0.2, 0.25) is 0 Å². The van der Waals surface area contributed by atoms with Crippen LogP contribution in [-0.2, 0) is 4.74 Å². The number of halogens is 1. The molecule has 2 heteroatoms. The van der Waals surface area contributed by atoms with E-state index in [2.05, 4.69) is 43.6 Å². The lowest BCUT2D eigenvalue weighted by atomic mass is 9.97. The summed E-state index contributed by atoms with van der Waals surface area (Å²) in [6.45, 7) is 9.70. The quantitative estimate of drug-likeness (QED) is 0.380. The summed E-state index contributed by atoms with van der Waals surface area (Å²) >= 11 is 3.62. The highest BCUT2D eigenvalue weighted by Gasteiger charge is 2.19. The van der Waals surface area contributed by atoms with Gasteiger partial charge in [0.1, 0.15) is 4.51 Å². The summed E-state index contributed by atoms with van der Waals surface area (Å²) in [6.07, 6.45) is 8.94. The summed E-state index contributed by atoms with van der Waals surface area (Å²) < 4.78 is 5.82. The van der Waals surface area contributed by atoms with E-state index in [0.717, 1.165) is 18.9 Å². The van der Waals surface area contributed by atoms with Crippen molar-refractivity contribution in [2.75, 3.05) is 6.61 Å². The van der Waals surface area contributed by atoms with Gasteiger partial charge in [-0.1, -0.05) is 62.4 Å². The van der Waals surface area contributed by atoms with Crippen molar-refractivity contribution in [3.63, 3.8) is 0 Å². The Morgan fingerprint density at radius 3 is 2.25 bits per heavy atom. The van der Waals surface area contributed by atoms with Crippen molar-refractivity contribution >= 4 is 15.9 Å². The molecule has 0 bridgehead atoms. The van der Waals surface area contributed by atoms with Crippen LogP contribution >= 0.6 is 15.9 Å². The predicted molar refractivity (Wildman–Crippen MR) is 76.1 cm³/mol. The summed E-state index contributed by atoms with van der Waals surface area (Å²) in [5.41, 5.74) is 0. The molecular formula is C14H29BrO. The van der Waals surface area contributed by atoms with Crippen molar-refractivity contribution in [2.24, 2.45) is 5.92 Å². The van der Waals surface area contributed by atoms with E-state index in [-0.39, 0.29) is 4.51 Å². The van der Waals surface area contributed by atoms with Crippen LogP contribution in [0.25, 0.3) is 0 Å². The van der Waals surface area contributed by atoms with E-state index in [9.17, 15) is 0 Å². The van der Waals surface area contributed by atoms with E-state index in [1.807, 2.05) is 0 Å². The maximum absolute atomic E-state index is 5.94. The van der Waals surface area contributed by atoms with Gasteiger partial charge in [0.25, 0.3) is 0 Å². The van der Waals surface area contributed by atoms with Gasteiger partial charge in [0, 0.05) is 0 Å². The number of ether oxygens (including phenoxy) is 1. The normalized spacial score (nSPS) is 17.1. The first-order chi connectivity index (χ1) is 7.55. The first-order valence-electron chi connectivity index (χ1n) is 6.88. The van der Waals surface area contributed by atoms with E-state index in [0.29, 0.717) is 0 Å². The maximum atomic E-state index is 5.94. The first kappa shape index (κ1) is 16.4. The van der Waals surface area contributed by atoms with Gasteiger partial charge in [0.05, 0.1) is 6.61 Å². The van der Waals surface area contributed by atoms with Crippen molar-refractivity contribution in [2.45, 2.75) is 77.2 Å². The summed E-state index contributed by atoms with van der Waals surface area (Å²) in [7, 11) is 0. The van der Waals surface area contributed by atoms with Crippen molar-refractivity contribution in [3.05, 3.63) is 0 Å². The van der Waals surface area contributed by atoms with Gasteiger partial charge in [-0.15, -0.1) is 0 Å². The molecule has 0 aliphatic rings. The summed E-state index contributed by atoms with van der Waals surface area (Å²) in [5, 5.41) is 0. The number of unbranched alkanes of at least 4 members (excludes halogenated alkanes) is 2. The van der Waals surface area contributed by atoms with Gasteiger partial charge in [-0.2, -0.15) is 0 Å². The summed E-state index contributed by atoms with van der Waals surface area (Å²) in [6, 6.07) is 0. The minimum Gasteiger partial charge on any atom is -0.364 e. The smallest absolute Gasteiger partial charge is 0.119 e. The van der Waals surface area contributed by atoms with Crippen molar-refractivity contribution in [1.29, 1.82) is 0 Å². The fourth-order valence-electron chi connectivity index (χ4n) is 1.80. The fourth-order valence-corrected chi connectivity index (χ4v) is 1.93. The van der Waals surface area contributed by atoms with Gasteiger partial charge in [-0.25, -0.2) is 0 Å².